The van der Waals surface area contributed by atoms with Crippen molar-refractivity contribution in [1.82, 2.24) is 0 Å². The Morgan fingerprint density at radius 2 is 2.00 bits per heavy atom. The van der Waals surface area contributed by atoms with Crippen LogP contribution in [0.5, 0.6) is 0 Å². The van der Waals surface area contributed by atoms with Crippen molar-refractivity contribution in [2.45, 2.75) is 19.8 Å². The van der Waals surface area contributed by atoms with E-state index < -0.39 is 0 Å². The Morgan fingerprint density at radius 1 is 1.50 bits per heavy atom. The van der Waals surface area contributed by atoms with Crippen LogP contribution in [0.3, 0.4) is 0 Å². The zero-order valence-corrected chi connectivity index (χ0v) is 5.71. The van der Waals surface area contributed by atoms with E-state index in [2.05, 4.69) is 19.6 Å². The molecule has 0 spiro atoms. The maximum Gasteiger partial charge on any atom is 1.00 e. The smallest absolute Gasteiger partial charge is 0.179 e. The van der Waals surface area contributed by atoms with Gasteiger partial charge in [-0.25, -0.2) is 0 Å². The van der Waals surface area contributed by atoms with Gasteiger partial charge in [-0.05, 0) is 12.2 Å². The molecular formula is C4H10CuS+. The Labute approximate surface area is 55.6 Å². The molecular weight excluding hydrogens is 144 g/mol. The van der Waals surface area contributed by atoms with Crippen molar-refractivity contribution < 1.29 is 17.1 Å². The van der Waals surface area contributed by atoms with E-state index in [0.717, 1.165) is 5.75 Å². The second-order valence-corrected chi connectivity index (χ2v) is 1.52. The van der Waals surface area contributed by atoms with Gasteiger partial charge in [0.05, 0.1) is 0 Å². The minimum absolute atomic E-state index is 0. The van der Waals surface area contributed by atoms with Crippen LogP contribution in [0, 0.1) is 0 Å². The maximum atomic E-state index is 4.00. The van der Waals surface area contributed by atoms with Gasteiger partial charge in [-0.15, -0.1) is 0 Å². The molecule has 0 radical (unpaired) electrons. The molecule has 0 N–H and O–H groups in total. The Morgan fingerprint density at radius 3 is 2.00 bits per heavy atom. The fourth-order valence-corrected chi connectivity index (χ4v) is 0.474. The summed E-state index contributed by atoms with van der Waals surface area (Å²) in [5.41, 5.74) is 0. The molecule has 0 saturated heterocycles. The summed E-state index contributed by atoms with van der Waals surface area (Å²) >= 11 is 4.00. The van der Waals surface area contributed by atoms with Crippen LogP contribution in [-0.2, 0) is 17.1 Å². The van der Waals surface area contributed by atoms with Gasteiger partial charge in [-0.1, -0.05) is 13.3 Å². The van der Waals surface area contributed by atoms with Crippen molar-refractivity contribution in [3.63, 3.8) is 0 Å². The molecule has 0 rings (SSSR count). The van der Waals surface area contributed by atoms with Gasteiger partial charge in [0.2, 0.25) is 0 Å². The Bertz CT molecular complexity index is 15.0. The van der Waals surface area contributed by atoms with Crippen LogP contribution >= 0.6 is 12.6 Å². The van der Waals surface area contributed by atoms with Crippen LogP contribution in [0.15, 0.2) is 0 Å². The van der Waals surface area contributed by atoms with Gasteiger partial charge >= 0.3 is 17.1 Å². The molecule has 0 amide bonds. The normalized spacial score (nSPS) is 7.00. The van der Waals surface area contributed by atoms with Crippen molar-refractivity contribution in [3.8, 4) is 0 Å². The Balaban J connectivity index is 0. The predicted octanol–water partition coefficient (Wildman–Crippen LogP) is 1.71. The molecule has 0 aliphatic rings. The molecule has 0 fully saturated rings. The molecule has 0 aromatic rings. The molecule has 0 aliphatic carbocycles. The van der Waals surface area contributed by atoms with Crippen molar-refractivity contribution >= 4 is 12.6 Å². The van der Waals surface area contributed by atoms with Gasteiger partial charge < -0.3 is 0 Å². The molecule has 0 heterocycles. The first-order valence-corrected chi connectivity index (χ1v) is 2.66. The molecule has 0 aromatic carbocycles. The number of rotatable bonds is 2. The maximum absolute atomic E-state index is 4.00. The minimum atomic E-state index is 0. The first kappa shape index (κ1) is 9.98. The van der Waals surface area contributed by atoms with E-state index in [9.17, 15) is 0 Å². The summed E-state index contributed by atoms with van der Waals surface area (Å²) in [6, 6.07) is 0. The summed E-state index contributed by atoms with van der Waals surface area (Å²) in [7, 11) is 0. The summed E-state index contributed by atoms with van der Waals surface area (Å²) in [4.78, 5) is 0. The second kappa shape index (κ2) is 9.30. The Hall–Kier alpha value is 0.869. The van der Waals surface area contributed by atoms with E-state index in [1.165, 1.54) is 12.8 Å². The molecule has 0 unspecified atom stereocenters. The van der Waals surface area contributed by atoms with Crippen LogP contribution in [-0.4, -0.2) is 5.75 Å². The van der Waals surface area contributed by atoms with Crippen LogP contribution in [0.4, 0.5) is 0 Å². The average molecular weight is 154 g/mol. The van der Waals surface area contributed by atoms with Crippen LogP contribution in [0.25, 0.3) is 0 Å². The SMILES string of the molecule is CCCCS.[Cu+]. The summed E-state index contributed by atoms with van der Waals surface area (Å²) in [5.74, 6) is 1.04. The predicted molar refractivity (Wildman–Crippen MR) is 28.8 cm³/mol. The largest absolute Gasteiger partial charge is 1.00 e. The fraction of sp³-hybridized carbons (Fsp3) is 1.00. The number of hydrogen-bond acceptors (Lipinski definition) is 1. The second-order valence-electron chi connectivity index (χ2n) is 1.08. The van der Waals surface area contributed by atoms with Gasteiger partial charge in [0.15, 0.2) is 0 Å². The Kier molecular flexibility index (Phi) is 15.5. The molecule has 42 valence electrons. The molecule has 2 heteroatoms. The molecule has 0 bridgehead atoms. The van der Waals surface area contributed by atoms with Crippen LogP contribution in [0.2, 0.25) is 0 Å². The fourth-order valence-electron chi connectivity index (χ4n) is 0.158. The number of unbranched alkanes of at least 4 members (excludes halogenated alkanes) is 1. The van der Waals surface area contributed by atoms with Gasteiger partial charge in [-0.2, -0.15) is 12.6 Å². The molecule has 0 aromatic heterocycles. The van der Waals surface area contributed by atoms with Crippen LogP contribution in [0.1, 0.15) is 19.8 Å². The van der Waals surface area contributed by atoms with Crippen LogP contribution < -0.4 is 0 Å². The van der Waals surface area contributed by atoms with Crippen molar-refractivity contribution in [2.24, 2.45) is 0 Å². The first-order chi connectivity index (χ1) is 2.41. The van der Waals surface area contributed by atoms with E-state index in [-0.39, 0.29) is 17.1 Å². The van der Waals surface area contributed by atoms with E-state index in [1.807, 2.05) is 0 Å². The number of hydrogen-bond donors (Lipinski definition) is 1. The third-order valence-corrected chi connectivity index (χ3v) is 0.828. The monoisotopic (exact) mass is 153 g/mol. The molecule has 0 nitrogen and oxygen atoms in total. The average Bonchev–Trinajstić information content (AvgIpc) is 1.41. The molecule has 6 heavy (non-hydrogen) atoms. The van der Waals surface area contributed by atoms with E-state index in [0.29, 0.717) is 0 Å². The van der Waals surface area contributed by atoms with Gasteiger partial charge in [0.25, 0.3) is 0 Å². The molecule has 0 aliphatic heterocycles. The summed E-state index contributed by atoms with van der Waals surface area (Å²) in [6.45, 7) is 2.16. The van der Waals surface area contributed by atoms with Crippen molar-refractivity contribution in [2.75, 3.05) is 5.75 Å². The zero-order chi connectivity index (χ0) is 4.12. The van der Waals surface area contributed by atoms with Crippen molar-refractivity contribution in [3.05, 3.63) is 0 Å². The first-order valence-electron chi connectivity index (χ1n) is 2.02. The van der Waals surface area contributed by atoms with Gasteiger partial charge in [0, 0.05) is 0 Å². The standard InChI is InChI=1S/C4H10S.Cu/c1-2-3-4-5;/h5H,2-4H2,1H3;/q;+1. The van der Waals surface area contributed by atoms with E-state index in [4.69, 9.17) is 0 Å². The van der Waals surface area contributed by atoms with E-state index >= 15 is 0 Å². The topological polar surface area (TPSA) is 0 Å². The quantitative estimate of drug-likeness (QED) is 0.454. The van der Waals surface area contributed by atoms with Crippen molar-refractivity contribution in [1.29, 1.82) is 0 Å². The van der Waals surface area contributed by atoms with Gasteiger partial charge in [-0.3, -0.25) is 0 Å². The molecule has 0 saturated carbocycles. The summed E-state index contributed by atoms with van der Waals surface area (Å²) in [6.07, 6.45) is 2.52. The third kappa shape index (κ3) is 8.85. The summed E-state index contributed by atoms with van der Waals surface area (Å²) in [5, 5.41) is 0. The third-order valence-electron chi connectivity index (χ3n) is 0.512. The molecule has 0 atom stereocenters. The van der Waals surface area contributed by atoms with Gasteiger partial charge in [0.1, 0.15) is 0 Å². The summed E-state index contributed by atoms with van der Waals surface area (Å²) < 4.78 is 0. The zero-order valence-electron chi connectivity index (χ0n) is 3.87. The number of thiol groups is 1. The van der Waals surface area contributed by atoms with E-state index in [1.54, 1.807) is 0 Å². The minimum Gasteiger partial charge on any atom is -0.179 e.